The lowest BCUT2D eigenvalue weighted by Crippen LogP contribution is -2.30. The van der Waals surface area contributed by atoms with Gasteiger partial charge in [0.25, 0.3) is 5.91 Å². The molecule has 8 nitrogen and oxygen atoms in total. The molecule has 1 N–H and O–H groups in total. The number of oxazole rings is 1. The second-order valence-electron chi connectivity index (χ2n) is 6.39. The van der Waals surface area contributed by atoms with Gasteiger partial charge in [-0.1, -0.05) is 18.2 Å². The minimum atomic E-state index is -1.08. The van der Waals surface area contributed by atoms with E-state index in [1.54, 1.807) is 25.1 Å². The monoisotopic (exact) mass is 410 g/mol. The molecule has 0 aliphatic carbocycles. The van der Waals surface area contributed by atoms with Gasteiger partial charge in [0.2, 0.25) is 5.89 Å². The molecule has 2 aromatic carbocycles. The molecule has 1 unspecified atom stereocenters. The molecule has 8 heteroatoms. The Balaban J connectivity index is 1.70. The highest BCUT2D eigenvalue weighted by Gasteiger charge is 2.25. The summed E-state index contributed by atoms with van der Waals surface area (Å²) in [5, 5.41) is 2.67. The Hall–Kier alpha value is -3.81. The number of carbonyl (C=O) groups is 2. The molecule has 3 aromatic rings. The van der Waals surface area contributed by atoms with E-state index in [2.05, 4.69) is 10.3 Å². The van der Waals surface area contributed by atoms with E-state index in [4.69, 9.17) is 18.6 Å². The summed E-state index contributed by atoms with van der Waals surface area (Å²) in [4.78, 5) is 29.3. The van der Waals surface area contributed by atoms with Gasteiger partial charge >= 0.3 is 5.97 Å². The smallest absolute Gasteiger partial charge is 0.361 e. The molecule has 1 atom stereocenters. The van der Waals surface area contributed by atoms with Crippen LogP contribution in [0.25, 0.3) is 11.5 Å². The predicted octanol–water partition coefficient (Wildman–Crippen LogP) is 3.85. The number of nitrogens with zero attached hydrogens (tertiary/aromatic N) is 1. The molecule has 0 aliphatic heterocycles. The number of ether oxygens (including phenoxy) is 3. The number of methoxy groups -OCH3 is 2. The molecular weight excluding hydrogens is 388 g/mol. The van der Waals surface area contributed by atoms with E-state index in [-0.39, 0.29) is 5.69 Å². The first-order valence-corrected chi connectivity index (χ1v) is 9.19. The van der Waals surface area contributed by atoms with E-state index in [0.29, 0.717) is 28.8 Å². The van der Waals surface area contributed by atoms with Crippen molar-refractivity contribution in [3.05, 3.63) is 60.0 Å². The second kappa shape index (κ2) is 9.13. The predicted molar refractivity (Wildman–Crippen MR) is 110 cm³/mol. The number of benzene rings is 2. The molecule has 0 saturated heterocycles. The number of rotatable bonds is 7. The Kier molecular flexibility index (Phi) is 6.36. The van der Waals surface area contributed by atoms with Crippen LogP contribution in [0.5, 0.6) is 11.5 Å². The Labute approximate surface area is 173 Å². The van der Waals surface area contributed by atoms with Gasteiger partial charge in [-0.2, -0.15) is 0 Å². The average molecular weight is 410 g/mol. The first-order valence-electron chi connectivity index (χ1n) is 9.19. The van der Waals surface area contributed by atoms with Crippen LogP contribution in [0.1, 0.15) is 23.2 Å². The number of hydrogen-bond donors (Lipinski definition) is 1. The van der Waals surface area contributed by atoms with Crippen molar-refractivity contribution in [3.8, 4) is 23.0 Å². The minimum Gasteiger partial charge on any atom is -0.497 e. The summed E-state index contributed by atoms with van der Waals surface area (Å²) >= 11 is 0. The molecule has 0 spiro atoms. The number of aryl methyl sites for hydroxylation is 1. The van der Waals surface area contributed by atoms with Crippen molar-refractivity contribution < 1.29 is 28.2 Å². The third-order valence-electron chi connectivity index (χ3n) is 4.33. The van der Waals surface area contributed by atoms with Crippen molar-refractivity contribution in [3.63, 3.8) is 0 Å². The normalized spacial score (nSPS) is 11.5. The van der Waals surface area contributed by atoms with Gasteiger partial charge in [-0.3, -0.25) is 4.79 Å². The van der Waals surface area contributed by atoms with E-state index >= 15 is 0 Å². The summed E-state index contributed by atoms with van der Waals surface area (Å²) < 4.78 is 21.3. The molecule has 3 rings (SSSR count). The van der Waals surface area contributed by atoms with Crippen molar-refractivity contribution in [1.29, 1.82) is 0 Å². The van der Waals surface area contributed by atoms with E-state index in [9.17, 15) is 9.59 Å². The van der Waals surface area contributed by atoms with E-state index in [1.165, 1.54) is 21.1 Å². The first-order chi connectivity index (χ1) is 14.4. The zero-order chi connectivity index (χ0) is 21.7. The molecule has 1 heterocycles. The maximum atomic E-state index is 12.5. The van der Waals surface area contributed by atoms with Crippen molar-refractivity contribution in [1.82, 2.24) is 4.98 Å². The number of nitrogens with one attached hydrogen (secondary N) is 1. The lowest BCUT2D eigenvalue weighted by atomic mass is 10.2. The molecular formula is C22H22N2O6. The van der Waals surface area contributed by atoms with Crippen LogP contribution in [-0.4, -0.2) is 37.2 Å². The van der Waals surface area contributed by atoms with Gasteiger partial charge < -0.3 is 23.9 Å². The zero-order valence-corrected chi connectivity index (χ0v) is 17.1. The zero-order valence-electron chi connectivity index (χ0n) is 17.1. The highest BCUT2D eigenvalue weighted by atomic mass is 16.5. The van der Waals surface area contributed by atoms with Crippen molar-refractivity contribution in [2.75, 3.05) is 19.5 Å². The van der Waals surface area contributed by atoms with Crippen molar-refractivity contribution in [2.45, 2.75) is 20.0 Å². The van der Waals surface area contributed by atoms with Crippen LogP contribution < -0.4 is 14.8 Å². The van der Waals surface area contributed by atoms with E-state index in [0.717, 1.165) is 5.56 Å². The standard InChI is InChI=1S/C22H22N2O6/c1-13-19(24-21(29-13)15-8-6-5-7-9-15)22(26)30-14(2)20(25)23-17-12-16(27-3)10-11-18(17)28-4/h5-12,14H,1-4H3,(H,23,25). The van der Waals surface area contributed by atoms with Gasteiger partial charge in [-0.15, -0.1) is 0 Å². The van der Waals surface area contributed by atoms with Gasteiger partial charge in [0, 0.05) is 11.6 Å². The van der Waals surface area contributed by atoms with Crippen LogP contribution in [0.3, 0.4) is 0 Å². The van der Waals surface area contributed by atoms with E-state index in [1.807, 2.05) is 30.3 Å². The van der Waals surface area contributed by atoms with Crippen LogP contribution in [0.15, 0.2) is 52.9 Å². The van der Waals surface area contributed by atoms with Crippen LogP contribution in [0.4, 0.5) is 5.69 Å². The lowest BCUT2D eigenvalue weighted by molar-refractivity contribution is -0.123. The van der Waals surface area contributed by atoms with Crippen LogP contribution in [-0.2, 0) is 9.53 Å². The van der Waals surface area contributed by atoms with Gasteiger partial charge in [0.05, 0.1) is 19.9 Å². The first kappa shape index (κ1) is 20.9. The van der Waals surface area contributed by atoms with Gasteiger partial charge in [0.15, 0.2) is 11.8 Å². The molecule has 0 bridgehead atoms. The number of esters is 1. The average Bonchev–Trinajstić information content (AvgIpc) is 3.16. The summed E-state index contributed by atoms with van der Waals surface area (Å²) in [5.74, 6) is 0.321. The summed E-state index contributed by atoms with van der Waals surface area (Å²) in [6, 6.07) is 14.2. The highest BCUT2D eigenvalue weighted by Crippen LogP contribution is 2.29. The number of aromatic nitrogens is 1. The van der Waals surface area contributed by atoms with Crippen molar-refractivity contribution in [2.24, 2.45) is 0 Å². The number of hydrogen-bond acceptors (Lipinski definition) is 7. The molecule has 0 fully saturated rings. The molecule has 30 heavy (non-hydrogen) atoms. The fraction of sp³-hybridized carbons (Fsp3) is 0.227. The summed E-state index contributed by atoms with van der Waals surface area (Å²) in [5.41, 5.74) is 1.15. The second-order valence-corrected chi connectivity index (χ2v) is 6.39. The summed E-state index contributed by atoms with van der Waals surface area (Å²) in [7, 11) is 3.00. The van der Waals surface area contributed by atoms with Crippen LogP contribution in [0.2, 0.25) is 0 Å². The maximum absolute atomic E-state index is 12.5. The number of anilines is 1. The fourth-order valence-corrected chi connectivity index (χ4v) is 2.71. The third-order valence-corrected chi connectivity index (χ3v) is 4.33. The van der Waals surface area contributed by atoms with Crippen molar-refractivity contribution >= 4 is 17.6 Å². The SMILES string of the molecule is COc1ccc(OC)c(NC(=O)C(C)OC(=O)c2nc(-c3ccccc3)oc2C)c1. The lowest BCUT2D eigenvalue weighted by Gasteiger charge is -2.15. The maximum Gasteiger partial charge on any atom is 0.361 e. The number of amides is 1. The van der Waals surface area contributed by atoms with Crippen LogP contribution in [0, 0.1) is 6.92 Å². The topological polar surface area (TPSA) is 99.9 Å². The molecule has 1 amide bonds. The van der Waals surface area contributed by atoms with Gasteiger partial charge in [-0.05, 0) is 38.1 Å². The highest BCUT2D eigenvalue weighted by molar-refractivity contribution is 5.98. The summed E-state index contributed by atoms with van der Waals surface area (Å²) in [6.45, 7) is 3.08. The van der Waals surface area contributed by atoms with E-state index < -0.39 is 18.0 Å². The van der Waals surface area contributed by atoms with Crippen LogP contribution >= 0.6 is 0 Å². The van der Waals surface area contributed by atoms with Gasteiger partial charge in [0.1, 0.15) is 17.3 Å². The molecule has 0 saturated carbocycles. The molecule has 0 radical (unpaired) electrons. The Morgan fingerprint density at radius 1 is 1.07 bits per heavy atom. The molecule has 0 aliphatic rings. The third kappa shape index (κ3) is 4.60. The largest absolute Gasteiger partial charge is 0.497 e. The quantitative estimate of drug-likeness (QED) is 0.591. The van der Waals surface area contributed by atoms with Gasteiger partial charge in [-0.25, -0.2) is 9.78 Å². The summed E-state index contributed by atoms with van der Waals surface area (Å²) in [6.07, 6.45) is -1.08. The Morgan fingerprint density at radius 2 is 1.80 bits per heavy atom. The minimum absolute atomic E-state index is 0.0208. The molecule has 156 valence electrons. The number of carbonyl (C=O) groups excluding carboxylic acids is 2. The Morgan fingerprint density at radius 3 is 2.47 bits per heavy atom. The molecule has 1 aromatic heterocycles. The Bertz CT molecular complexity index is 1050. The fourth-order valence-electron chi connectivity index (χ4n) is 2.71.